The lowest BCUT2D eigenvalue weighted by molar-refractivity contribution is 0.581. The number of nitrogens with two attached hydrogens (primary N) is 1. The Balaban J connectivity index is 2.18. The predicted octanol–water partition coefficient (Wildman–Crippen LogP) is 1.82. The predicted molar refractivity (Wildman–Crippen MR) is 76.5 cm³/mol. The van der Waals surface area contributed by atoms with E-state index in [1.54, 1.807) is 25.3 Å². The first-order chi connectivity index (χ1) is 8.88. The number of nitrogens with zero attached hydrogens (tertiary/aromatic N) is 1. The maximum atomic E-state index is 12.2. The van der Waals surface area contributed by atoms with Crippen LogP contribution >= 0.6 is 11.3 Å². The van der Waals surface area contributed by atoms with Crippen molar-refractivity contribution in [2.45, 2.75) is 25.3 Å². The van der Waals surface area contributed by atoms with Gasteiger partial charge in [0.05, 0.1) is 9.90 Å². The zero-order chi connectivity index (χ0) is 14.0. The third-order valence-electron chi connectivity index (χ3n) is 2.59. The SMILES string of the molecule is Cc1ncc(CNS(=O)(=O)c2ccc(N)cc2C)s1. The molecule has 1 aromatic heterocycles. The Morgan fingerprint density at radius 1 is 1.37 bits per heavy atom. The molecule has 3 N–H and O–H groups in total. The van der Waals surface area contributed by atoms with E-state index in [1.165, 1.54) is 17.4 Å². The lowest BCUT2D eigenvalue weighted by atomic mass is 10.2. The van der Waals surface area contributed by atoms with Gasteiger partial charge < -0.3 is 5.73 Å². The minimum atomic E-state index is -3.52. The van der Waals surface area contributed by atoms with Crippen LogP contribution < -0.4 is 10.5 Å². The molecule has 0 aliphatic heterocycles. The number of benzene rings is 1. The molecule has 0 saturated heterocycles. The van der Waals surface area contributed by atoms with Gasteiger partial charge in [0.15, 0.2) is 0 Å². The second-order valence-electron chi connectivity index (χ2n) is 4.20. The maximum absolute atomic E-state index is 12.2. The molecule has 2 aromatic rings. The summed E-state index contributed by atoms with van der Waals surface area (Å²) in [6.07, 6.45) is 1.68. The minimum Gasteiger partial charge on any atom is -0.399 e. The van der Waals surface area contributed by atoms with Gasteiger partial charge in [0, 0.05) is 23.3 Å². The highest BCUT2D eigenvalue weighted by atomic mass is 32.2. The molecule has 0 radical (unpaired) electrons. The molecule has 2 rings (SSSR count). The molecule has 1 aromatic carbocycles. The van der Waals surface area contributed by atoms with Gasteiger partial charge in [0.25, 0.3) is 0 Å². The van der Waals surface area contributed by atoms with E-state index in [9.17, 15) is 8.42 Å². The Morgan fingerprint density at radius 2 is 2.11 bits per heavy atom. The molecule has 0 bridgehead atoms. The number of aromatic nitrogens is 1. The summed E-state index contributed by atoms with van der Waals surface area (Å²) in [4.78, 5) is 5.22. The van der Waals surface area contributed by atoms with Gasteiger partial charge in [-0.15, -0.1) is 11.3 Å². The minimum absolute atomic E-state index is 0.248. The molecule has 0 unspecified atom stereocenters. The Hall–Kier alpha value is -1.44. The zero-order valence-electron chi connectivity index (χ0n) is 10.7. The molecular formula is C12H15N3O2S2. The molecule has 102 valence electrons. The van der Waals surface area contributed by atoms with Crippen LogP contribution in [0, 0.1) is 13.8 Å². The van der Waals surface area contributed by atoms with Crippen LogP contribution in [0.1, 0.15) is 15.4 Å². The number of rotatable bonds is 4. The standard InChI is InChI=1S/C12H15N3O2S2/c1-8-5-10(13)3-4-12(8)19(16,17)15-7-11-6-14-9(2)18-11/h3-6,15H,7,13H2,1-2H3. The van der Waals surface area contributed by atoms with Crippen LogP contribution in [0.5, 0.6) is 0 Å². The van der Waals surface area contributed by atoms with Gasteiger partial charge in [0.2, 0.25) is 10.0 Å². The lowest BCUT2D eigenvalue weighted by Gasteiger charge is -2.09. The Bertz CT molecular complexity index is 693. The Morgan fingerprint density at radius 3 is 2.68 bits per heavy atom. The number of thiazole rings is 1. The lowest BCUT2D eigenvalue weighted by Crippen LogP contribution is -2.23. The third-order valence-corrected chi connectivity index (χ3v) is 5.07. The second kappa shape index (κ2) is 5.28. The molecule has 0 aliphatic carbocycles. The second-order valence-corrected chi connectivity index (χ2v) is 7.25. The van der Waals surface area contributed by atoms with Crippen LogP contribution in [0.15, 0.2) is 29.3 Å². The van der Waals surface area contributed by atoms with E-state index in [-0.39, 0.29) is 11.4 Å². The summed E-state index contributed by atoms with van der Waals surface area (Å²) in [5, 5.41) is 0.915. The van der Waals surface area contributed by atoms with Crippen LogP contribution in [-0.2, 0) is 16.6 Å². The summed E-state index contributed by atoms with van der Waals surface area (Å²) < 4.78 is 26.9. The first kappa shape index (κ1) is 14.0. The molecule has 0 saturated carbocycles. The number of hydrogen-bond acceptors (Lipinski definition) is 5. The van der Waals surface area contributed by atoms with E-state index in [2.05, 4.69) is 9.71 Å². The van der Waals surface area contributed by atoms with Gasteiger partial charge in [-0.05, 0) is 37.6 Å². The van der Waals surface area contributed by atoms with Crippen LogP contribution in [-0.4, -0.2) is 13.4 Å². The average molecular weight is 297 g/mol. The highest BCUT2D eigenvalue weighted by Crippen LogP contribution is 2.18. The number of nitrogens with one attached hydrogen (secondary N) is 1. The fourth-order valence-electron chi connectivity index (χ4n) is 1.71. The largest absolute Gasteiger partial charge is 0.399 e. The first-order valence-corrected chi connectivity index (χ1v) is 7.95. The fourth-order valence-corrected chi connectivity index (χ4v) is 3.76. The van der Waals surface area contributed by atoms with Gasteiger partial charge in [0.1, 0.15) is 0 Å². The van der Waals surface area contributed by atoms with E-state index in [0.29, 0.717) is 11.3 Å². The molecule has 7 heteroatoms. The maximum Gasteiger partial charge on any atom is 0.241 e. The number of anilines is 1. The molecule has 0 amide bonds. The smallest absolute Gasteiger partial charge is 0.241 e. The van der Waals surface area contributed by atoms with Crippen molar-refractivity contribution >= 4 is 27.0 Å². The fraction of sp³-hybridized carbons (Fsp3) is 0.250. The first-order valence-electron chi connectivity index (χ1n) is 5.65. The third kappa shape index (κ3) is 3.31. The number of aryl methyl sites for hydroxylation is 2. The van der Waals surface area contributed by atoms with Gasteiger partial charge in [-0.2, -0.15) is 0 Å². The molecule has 5 nitrogen and oxygen atoms in total. The quantitative estimate of drug-likeness (QED) is 0.843. The number of nitrogen functional groups attached to an aromatic ring is 1. The molecule has 19 heavy (non-hydrogen) atoms. The van der Waals surface area contributed by atoms with Crippen molar-refractivity contribution in [3.63, 3.8) is 0 Å². The highest BCUT2D eigenvalue weighted by molar-refractivity contribution is 7.89. The summed E-state index contributed by atoms with van der Waals surface area (Å²) in [5.74, 6) is 0. The van der Waals surface area contributed by atoms with Crippen molar-refractivity contribution in [2.75, 3.05) is 5.73 Å². The van der Waals surface area contributed by atoms with Gasteiger partial charge in [-0.1, -0.05) is 0 Å². The van der Waals surface area contributed by atoms with E-state index >= 15 is 0 Å². The molecule has 0 spiro atoms. The summed E-state index contributed by atoms with van der Waals surface area (Å²) in [5.41, 5.74) is 6.80. The molecule has 1 heterocycles. The normalized spacial score (nSPS) is 11.7. The molecule has 0 aliphatic rings. The van der Waals surface area contributed by atoms with Crippen LogP contribution in [0.2, 0.25) is 0 Å². The number of hydrogen-bond donors (Lipinski definition) is 2. The van der Waals surface area contributed by atoms with E-state index in [4.69, 9.17) is 5.73 Å². The van der Waals surface area contributed by atoms with Crippen molar-refractivity contribution in [1.82, 2.24) is 9.71 Å². The molecular weight excluding hydrogens is 282 g/mol. The summed E-state index contributed by atoms with van der Waals surface area (Å²) in [7, 11) is -3.52. The summed E-state index contributed by atoms with van der Waals surface area (Å²) >= 11 is 1.47. The van der Waals surface area contributed by atoms with E-state index in [1.807, 2.05) is 6.92 Å². The summed E-state index contributed by atoms with van der Waals surface area (Å²) in [6.45, 7) is 3.85. The zero-order valence-corrected chi connectivity index (χ0v) is 12.3. The van der Waals surface area contributed by atoms with Crippen molar-refractivity contribution in [3.8, 4) is 0 Å². The van der Waals surface area contributed by atoms with Crippen LogP contribution in [0.4, 0.5) is 5.69 Å². The van der Waals surface area contributed by atoms with Gasteiger partial charge in [-0.3, -0.25) is 0 Å². The Labute approximate surface area is 116 Å². The molecule has 0 fully saturated rings. The van der Waals surface area contributed by atoms with Crippen LogP contribution in [0.25, 0.3) is 0 Å². The highest BCUT2D eigenvalue weighted by Gasteiger charge is 2.16. The van der Waals surface area contributed by atoms with E-state index < -0.39 is 10.0 Å². The summed E-state index contributed by atoms with van der Waals surface area (Å²) in [6, 6.07) is 4.74. The van der Waals surface area contributed by atoms with Gasteiger partial charge >= 0.3 is 0 Å². The average Bonchev–Trinajstić information content (AvgIpc) is 2.72. The molecule has 0 atom stereocenters. The van der Waals surface area contributed by atoms with Crippen LogP contribution in [0.3, 0.4) is 0 Å². The Kier molecular flexibility index (Phi) is 3.88. The van der Waals surface area contributed by atoms with Crippen molar-refractivity contribution in [1.29, 1.82) is 0 Å². The van der Waals surface area contributed by atoms with Crippen molar-refractivity contribution in [2.24, 2.45) is 0 Å². The van der Waals surface area contributed by atoms with Crippen molar-refractivity contribution < 1.29 is 8.42 Å². The topological polar surface area (TPSA) is 85.1 Å². The monoisotopic (exact) mass is 297 g/mol. The van der Waals surface area contributed by atoms with E-state index in [0.717, 1.165) is 9.88 Å². The van der Waals surface area contributed by atoms with Crippen molar-refractivity contribution in [3.05, 3.63) is 39.8 Å². The van der Waals surface area contributed by atoms with Gasteiger partial charge in [-0.25, -0.2) is 18.1 Å². The number of sulfonamides is 1.